The molecule has 1 amide bonds. The highest BCUT2D eigenvalue weighted by Gasteiger charge is 2.36. The summed E-state index contributed by atoms with van der Waals surface area (Å²) in [6.45, 7) is 10.1. The number of morpholine rings is 1. The second kappa shape index (κ2) is 4.10. The van der Waals surface area contributed by atoms with Crippen LogP contribution in [0.4, 0.5) is 0 Å². The fourth-order valence-electron chi connectivity index (χ4n) is 1.70. The Morgan fingerprint density at radius 3 is 2.60 bits per heavy atom. The highest BCUT2D eigenvalue weighted by Crippen LogP contribution is 2.22. The SMILES string of the molecule is CC1(CN)CN(C(=O)C(C)(C)C)CCO1. The van der Waals surface area contributed by atoms with E-state index in [0.717, 1.165) is 0 Å². The molecule has 15 heavy (non-hydrogen) atoms. The molecule has 1 fully saturated rings. The number of nitrogens with two attached hydrogens (primary N) is 1. The molecule has 1 aliphatic rings. The molecule has 1 rings (SSSR count). The summed E-state index contributed by atoms with van der Waals surface area (Å²) in [6.07, 6.45) is 0. The molecule has 1 saturated heterocycles. The van der Waals surface area contributed by atoms with E-state index in [1.165, 1.54) is 0 Å². The molecule has 1 aliphatic heterocycles. The van der Waals surface area contributed by atoms with E-state index in [0.29, 0.717) is 26.2 Å². The van der Waals surface area contributed by atoms with Crippen LogP contribution >= 0.6 is 0 Å². The van der Waals surface area contributed by atoms with Crippen molar-refractivity contribution < 1.29 is 9.53 Å². The summed E-state index contributed by atoms with van der Waals surface area (Å²) in [5.74, 6) is 0.172. The second-order valence-electron chi connectivity index (χ2n) is 5.48. The minimum atomic E-state index is -0.376. The van der Waals surface area contributed by atoms with Gasteiger partial charge in [-0.25, -0.2) is 0 Å². The standard InChI is InChI=1S/C11H22N2O2/c1-10(2,3)9(14)13-5-6-15-11(4,7-12)8-13/h5-8,12H2,1-4H3. The molecule has 0 aromatic rings. The molecule has 0 aliphatic carbocycles. The van der Waals surface area contributed by atoms with Crippen molar-refractivity contribution in [2.75, 3.05) is 26.2 Å². The van der Waals surface area contributed by atoms with E-state index < -0.39 is 0 Å². The van der Waals surface area contributed by atoms with Gasteiger partial charge in [-0.05, 0) is 6.92 Å². The van der Waals surface area contributed by atoms with Gasteiger partial charge in [0.15, 0.2) is 0 Å². The largest absolute Gasteiger partial charge is 0.370 e. The Morgan fingerprint density at radius 1 is 1.53 bits per heavy atom. The van der Waals surface area contributed by atoms with Crippen molar-refractivity contribution in [3.8, 4) is 0 Å². The number of nitrogens with zero attached hydrogens (tertiary/aromatic N) is 1. The number of hydrogen-bond donors (Lipinski definition) is 1. The van der Waals surface area contributed by atoms with E-state index in [1.54, 1.807) is 0 Å². The lowest BCUT2D eigenvalue weighted by atomic mass is 9.93. The lowest BCUT2D eigenvalue weighted by Gasteiger charge is -2.41. The third kappa shape index (κ3) is 2.92. The van der Waals surface area contributed by atoms with Gasteiger partial charge in [0.2, 0.25) is 5.91 Å². The van der Waals surface area contributed by atoms with E-state index in [2.05, 4.69) is 0 Å². The van der Waals surface area contributed by atoms with Crippen molar-refractivity contribution in [2.24, 2.45) is 11.1 Å². The van der Waals surface area contributed by atoms with E-state index in [9.17, 15) is 4.79 Å². The molecule has 0 radical (unpaired) electrons. The number of carbonyl (C=O) groups is 1. The third-order valence-corrected chi connectivity index (χ3v) is 2.70. The summed E-state index contributed by atoms with van der Waals surface area (Å²) in [7, 11) is 0. The summed E-state index contributed by atoms with van der Waals surface area (Å²) in [5.41, 5.74) is 4.94. The molecule has 88 valence electrons. The van der Waals surface area contributed by atoms with Crippen molar-refractivity contribution >= 4 is 5.91 Å². The second-order valence-corrected chi connectivity index (χ2v) is 5.48. The van der Waals surface area contributed by atoms with Crippen LogP contribution in [-0.4, -0.2) is 42.6 Å². The van der Waals surface area contributed by atoms with E-state index in [-0.39, 0.29) is 16.9 Å². The highest BCUT2D eigenvalue weighted by molar-refractivity contribution is 5.81. The third-order valence-electron chi connectivity index (χ3n) is 2.70. The summed E-state index contributed by atoms with van der Waals surface area (Å²) >= 11 is 0. The number of ether oxygens (including phenoxy) is 1. The quantitative estimate of drug-likeness (QED) is 0.695. The topological polar surface area (TPSA) is 55.6 Å². The Labute approximate surface area is 91.8 Å². The fraction of sp³-hybridized carbons (Fsp3) is 0.909. The van der Waals surface area contributed by atoms with E-state index >= 15 is 0 Å². The molecular formula is C11H22N2O2. The minimum absolute atomic E-state index is 0.172. The lowest BCUT2D eigenvalue weighted by molar-refractivity contribution is -0.154. The van der Waals surface area contributed by atoms with Crippen LogP contribution in [0.2, 0.25) is 0 Å². The molecule has 0 spiro atoms. The Bertz CT molecular complexity index is 247. The van der Waals surface area contributed by atoms with Gasteiger partial charge in [-0.3, -0.25) is 4.79 Å². The van der Waals surface area contributed by atoms with Gasteiger partial charge in [-0.15, -0.1) is 0 Å². The van der Waals surface area contributed by atoms with Gasteiger partial charge in [0.1, 0.15) is 0 Å². The van der Waals surface area contributed by atoms with E-state index in [1.807, 2.05) is 32.6 Å². The zero-order valence-electron chi connectivity index (χ0n) is 10.2. The maximum atomic E-state index is 12.1. The smallest absolute Gasteiger partial charge is 0.228 e. The van der Waals surface area contributed by atoms with Crippen LogP contribution in [0.15, 0.2) is 0 Å². The lowest BCUT2D eigenvalue weighted by Crippen LogP contribution is -2.57. The van der Waals surface area contributed by atoms with Crippen molar-refractivity contribution in [3.05, 3.63) is 0 Å². The number of amides is 1. The zero-order valence-corrected chi connectivity index (χ0v) is 10.2. The molecule has 0 saturated carbocycles. The molecule has 4 nitrogen and oxygen atoms in total. The van der Waals surface area contributed by atoms with Gasteiger partial charge in [0.25, 0.3) is 0 Å². The maximum absolute atomic E-state index is 12.1. The average molecular weight is 214 g/mol. The predicted molar refractivity (Wildman–Crippen MR) is 59.4 cm³/mol. The molecule has 0 aromatic carbocycles. The normalized spacial score (nSPS) is 27.9. The Kier molecular flexibility index (Phi) is 3.41. The van der Waals surface area contributed by atoms with Gasteiger partial charge in [0, 0.05) is 18.5 Å². The van der Waals surface area contributed by atoms with Crippen LogP contribution in [0.25, 0.3) is 0 Å². The summed E-state index contributed by atoms with van der Waals surface area (Å²) in [4.78, 5) is 13.9. The van der Waals surface area contributed by atoms with Crippen LogP contribution < -0.4 is 5.73 Å². The number of rotatable bonds is 1. The highest BCUT2D eigenvalue weighted by atomic mass is 16.5. The van der Waals surface area contributed by atoms with Gasteiger partial charge in [0.05, 0.1) is 18.8 Å². The van der Waals surface area contributed by atoms with Crippen LogP contribution in [0.1, 0.15) is 27.7 Å². The molecule has 0 bridgehead atoms. The molecule has 0 aromatic heterocycles. The maximum Gasteiger partial charge on any atom is 0.228 e. The van der Waals surface area contributed by atoms with Crippen LogP contribution in [0, 0.1) is 5.41 Å². The fourth-order valence-corrected chi connectivity index (χ4v) is 1.70. The van der Waals surface area contributed by atoms with Crippen LogP contribution in [0.5, 0.6) is 0 Å². The monoisotopic (exact) mass is 214 g/mol. The number of hydrogen-bond acceptors (Lipinski definition) is 3. The molecule has 1 atom stereocenters. The summed E-state index contributed by atoms with van der Waals surface area (Å²) in [6, 6.07) is 0. The minimum Gasteiger partial charge on any atom is -0.370 e. The average Bonchev–Trinajstić information content (AvgIpc) is 2.15. The summed E-state index contributed by atoms with van der Waals surface area (Å²) < 4.78 is 5.59. The first-order valence-electron chi connectivity index (χ1n) is 5.42. The van der Waals surface area contributed by atoms with Gasteiger partial charge in [-0.1, -0.05) is 20.8 Å². The molecule has 2 N–H and O–H groups in total. The van der Waals surface area contributed by atoms with Gasteiger partial charge >= 0.3 is 0 Å². The summed E-state index contributed by atoms with van der Waals surface area (Å²) in [5, 5.41) is 0. The van der Waals surface area contributed by atoms with Crippen molar-refractivity contribution in [3.63, 3.8) is 0 Å². The Balaban J connectivity index is 2.69. The van der Waals surface area contributed by atoms with Crippen molar-refractivity contribution in [1.82, 2.24) is 4.90 Å². The van der Waals surface area contributed by atoms with Gasteiger partial charge in [-0.2, -0.15) is 0 Å². The first kappa shape index (κ1) is 12.5. The first-order chi connectivity index (χ1) is 6.78. The molecule has 4 heteroatoms. The van der Waals surface area contributed by atoms with Crippen molar-refractivity contribution in [2.45, 2.75) is 33.3 Å². The van der Waals surface area contributed by atoms with Crippen LogP contribution in [0.3, 0.4) is 0 Å². The number of carbonyl (C=O) groups excluding carboxylic acids is 1. The van der Waals surface area contributed by atoms with E-state index in [4.69, 9.17) is 10.5 Å². The predicted octanol–water partition coefficient (Wildman–Crippen LogP) is 0.609. The Morgan fingerprint density at radius 2 is 2.13 bits per heavy atom. The van der Waals surface area contributed by atoms with Crippen molar-refractivity contribution in [1.29, 1.82) is 0 Å². The zero-order chi connectivity index (χ0) is 11.7. The van der Waals surface area contributed by atoms with Gasteiger partial charge < -0.3 is 15.4 Å². The molecular weight excluding hydrogens is 192 g/mol. The molecule has 1 unspecified atom stereocenters. The first-order valence-corrected chi connectivity index (χ1v) is 5.42. The Hall–Kier alpha value is -0.610. The molecule has 1 heterocycles. The van der Waals surface area contributed by atoms with Crippen LogP contribution in [-0.2, 0) is 9.53 Å².